The smallest absolute Gasteiger partial charge is 0.387 e. The molecule has 2 aliphatic rings. The van der Waals surface area contributed by atoms with E-state index in [2.05, 4.69) is 20.3 Å². The molecule has 2 saturated heterocycles. The molecule has 0 aliphatic carbocycles. The van der Waals surface area contributed by atoms with Crippen molar-refractivity contribution < 1.29 is 49.4 Å². The molecule has 5 rings (SSSR count). The van der Waals surface area contributed by atoms with Crippen molar-refractivity contribution in [3.05, 3.63) is 69.8 Å². The molecule has 0 amide bonds. The van der Waals surface area contributed by atoms with Gasteiger partial charge in [-0.25, -0.2) is 0 Å². The molecule has 3 heterocycles. The zero-order chi connectivity index (χ0) is 36.5. The van der Waals surface area contributed by atoms with Gasteiger partial charge in [-0.15, -0.1) is 5.10 Å². The minimum atomic E-state index is -5.10. The Labute approximate surface area is 282 Å². The topological polar surface area (TPSA) is 82.8 Å². The number of alkyl halides is 9. The molecule has 0 saturated carbocycles. The normalized spacial score (nSPS) is 20.6. The Balaban J connectivity index is 1.53. The highest BCUT2D eigenvalue weighted by Crippen LogP contribution is 2.39. The zero-order valence-corrected chi connectivity index (χ0v) is 27.4. The maximum atomic E-state index is 14.1. The second-order valence-electron chi connectivity index (χ2n) is 12.9. The van der Waals surface area contributed by atoms with E-state index in [1.54, 1.807) is 0 Å². The van der Waals surface area contributed by atoms with Crippen LogP contribution in [0.1, 0.15) is 65.6 Å². The van der Waals surface area contributed by atoms with Gasteiger partial charge in [0.2, 0.25) is 0 Å². The molecule has 0 radical (unpaired) electrons. The van der Waals surface area contributed by atoms with Crippen molar-refractivity contribution in [2.45, 2.75) is 69.4 Å². The largest absolute Gasteiger partial charge is 0.416 e. The van der Waals surface area contributed by atoms with E-state index in [-0.39, 0.29) is 24.1 Å². The van der Waals surface area contributed by atoms with Gasteiger partial charge in [0.05, 0.1) is 42.6 Å². The number of likely N-dealkylation sites (tertiary alicyclic amines) is 1. The summed E-state index contributed by atoms with van der Waals surface area (Å²) in [6.45, 7) is 4.41. The quantitative estimate of drug-likeness (QED) is 0.252. The third kappa shape index (κ3) is 9.24. The highest BCUT2D eigenvalue weighted by atomic mass is 19.4. The van der Waals surface area contributed by atoms with E-state index in [9.17, 15) is 44.6 Å². The van der Waals surface area contributed by atoms with Crippen molar-refractivity contribution >= 4 is 5.95 Å². The van der Waals surface area contributed by atoms with Crippen LogP contribution in [0.3, 0.4) is 0 Å². The summed E-state index contributed by atoms with van der Waals surface area (Å²) in [5, 5.41) is 23.3. The Kier molecular flexibility index (Phi) is 11.1. The van der Waals surface area contributed by atoms with Crippen molar-refractivity contribution in [1.29, 1.82) is 0 Å². The first-order chi connectivity index (χ1) is 23.3. The molecule has 1 aromatic heterocycles. The first kappa shape index (κ1) is 37.8. The van der Waals surface area contributed by atoms with Crippen LogP contribution >= 0.6 is 0 Å². The van der Waals surface area contributed by atoms with E-state index in [0.29, 0.717) is 76.4 Å². The van der Waals surface area contributed by atoms with Crippen LogP contribution < -0.4 is 4.90 Å². The summed E-state index contributed by atoms with van der Waals surface area (Å²) in [6, 6.07) is 3.86. The fourth-order valence-electron chi connectivity index (χ4n) is 6.77. The number of morpholine rings is 1. The lowest BCUT2D eigenvalue weighted by atomic mass is 9.88. The molecule has 1 N–H and O–H groups in total. The fourth-order valence-corrected chi connectivity index (χ4v) is 6.77. The Bertz CT molecular complexity index is 1570. The van der Waals surface area contributed by atoms with Gasteiger partial charge in [-0.05, 0) is 78.0 Å². The zero-order valence-electron chi connectivity index (χ0n) is 27.4. The van der Waals surface area contributed by atoms with Crippen molar-refractivity contribution in [1.82, 2.24) is 30.0 Å². The van der Waals surface area contributed by atoms with Crippen LogP contribution in [0.5, 0.6) is 0 Å². The molecular formula is C32H38F9N7O2. The molecule has 2 aliphatic heterocycles. The third-order valence-corrected chi connectivity index (χ3v) is 9.03. The minimum absolute atomic E-state index is 0.00400. The van der Waals surface area contributed by atoms with Crippen molar-refractivity contribution in [2.75, 3.05) is 50.8 Å². The maximum Gasteiger partial charge on any atom is 0.416 e. The Morgan fingerprint density at radius 3 is 2.08 bits per heavy atom. The second-order valence-corrected chi connectivity index (χ2v) is 12.9. The number of hydrogen-bond acceptors (Lipinski definition) is 8. The lowest BCUT2D eigenvalue weighted by Gasteiger charge is -2.45. The van der Waals surface area contributed by atoms with E-state index >= 15 is 0 Å². The molecule has 50 heavy (non-hydrogen) atoms. The predicted octanol–water partition coefficient (Wildman–Crippen LogP) is 6.08. The van der Waals surface area contributed by atoms with E-state index in [1.807, 2.05) is 11.8 Å². The number of anilines is 1. The van der Waals surface area contributed by atoms with Gasteiger partial charge in [-0.3, -0.25) is 9.80 Å². The number of β-amino-alcohol motifs (C(OH)–C–C–N with tert-alkyl or cyclic N) is 1. The Morgan fingerprint density at radius 1 is 0.880 bits per heavy atom. The highest BCUT2D eigenvalue weighted by Gasteiger charge is 2.40. The number of piperidine rings is 1. The summed E-state index contributed by atoms with van der Waals surface area (Å²) in [5.41, 5.74) is -4.98. The predicted molar refractivity (Wildman–Crippen MR) is 163 cm³/mol. The number of tetrazole rings is 1. The van der Waals surface area contributed by atoms with Crippen molar-refractivity contribution in [3.8, 4) is 0 Å². The fraction of sp³-hybridized carbons (Fsp3) is 0.594. The molecule has 3 aromatic rings. The number of nitrogens with zero attached hydrogens (tertiary/aromatic N) is 7. The molecular weight excluding hydrogens is 685 g/mol. The van der Waals surface area contributed by atoms with Crippen LogP contribution in [-0.2, 0) is 43.4 Å². The van der Waals surface area contributed by atoms with Gasteiger partial charge in [0.25, 0.3) is 5.95 Å². The van der Waals surface area contributed by atoms with Crippen LogP contribution in [0.2, 0.25) is 0 Å². The van der Waals surface area contributed by atoms with Gasteiger partial charge in [0.15, 0.2) is 0 Å². The molecule has 9 nitrogen and oxygen atoms in total. The number of halogens is 9. The third-order valence-electron chi connectivity index (χ3n) is 9.03. The first-order valence-corrected chi connectivity index (χ1v) is 16.1. The summed E-state index contributed by atoms with van der Waals surface area (Å²) in [6.07, 6.45) is -13.4. The van der Waals surface area contributed by atoms with Gasteiger partial charge < -0.3 is 14.7 Å². The molecule has 2 unspecified atom stereocenters. The number of aromatic nitrogens is 4. The summed E-state index contributed by atoms with van der Waals surface area (Å²) < 4.78 is 130. The second kappa shape index (κ2) is 14.6. The number of hydrogen-bond donors (Lipinski definition) is 1. The van der Waals surface area contributed by atoms with Crippen LogP contribution in [-0.4, -0.2) is 86.7 Å². The van der Waals surface area contributed by atoms with Gasteiger partial charge in [-0.1, -0.05) is 18.1 Å². The van der Waals surface area contributed by atoms with Gasteiger partial charge in [0, 0.05) is 45.3 Å². The van der Waals surface area contributed by atoms with Crippen LogP contribution in [0.15, 0.2) is 36.4 Å². The summed E-state index contributed by atoms with van der Waals surface area (Å²) >= 11 is 0. The number of aliphatic hydroxyl groups is 1. The molecule has 18 heteroatoms. The standard InChI is InChI=1S/C32H38F9N7O2/c1-3-27(47-8-4-7-29(49,20-47)19-46-9-11-50-12-10-46)26-6-5-23(30(33,34)35)15-22(26)18-48(28-42-44-45(2)43-28)17-21-13-24(31(36,37)38)16-25(14-21)32(39,40)41/h5-6,13-16,27,49H,3-4,7-12,17-20H2,1-2H3. The van der Waals surface area contributed by atoms with Crippen molar-refractivity contribution in [2.24, 2.45) is 7.05 Å². The minimum Gasteiger partial charge on any atom is -0.387 e. The molecule has 0 spiro atoms. The molecule has 276 valence electrons. The lowest BCUT2D eigenvalue weighted by Crippen LogP contribution is -2.56. The SMILES string of the molecule is CCC(c1ccc(C(F)(F)F)cc1CN(Cc1cc(C(F)(F)F)cc(C(F)(F)F)c1)c1nnn(C)n1)N1CCCC(O)(CN2CCOCC2)C1. The maximum absolute atomic E-state index is 14.1. The van der Waals surface area contributed by atoms with Crippen LogP contribution in [0, 0.1) is 0 Å². The molecule has 2 aromatic carbocycles. The summed E-state index contributed by atoms with van der Waals surface area (Å²) in [4.78, 5) is 6.34. The van der Waals surface area contributed by atoms with Gasteiger partial charge in [-0.2, -0.15) is 44.3 Å². The monoisotopic (exact) mass is 723 g/mol. The number of rotatable bonds is 10. The Morgan fingerprint density at radius 2 is 1.52 bits per heavy atom. The van der Waals surface area contributed by atoms with Gasteiger partial charge >= 0.3 is 18.5 Å². The average Bonchev–Trinajstić information content (AvgIpc) is 3.46. The molecule has 2 atom stereocenters. The highest BCUT2D eigenvalue weighted by molar-refractivity contribution is 5.42. The van der Waals surface area contributed by atoms with E-state index in [1.165, 1.54) is 18.0 Å². The molecule has 2 fully saturated rings. The Hall–Kier alpha value is -3.48. The van der Waals surface area contributed by atoms with Crippen LogP contribution in [0.25, 0.3) is 0 Å². The van der Waals surface area contributed by atoms with Crippen LogP contribution in [0.4, 0.5) is 45.5 Å². The molecule has 0 bridgehead atoms. The number of ether oxygens (including phenoxy) is 1. The number of benzene rings is 2. The number of aryl methyl sites for hydroxylation is 1. The first-order valence-electron chi connectivity index (χ1n) is 16.1. The van der Waals surface area contributed by atoms with E-state index in [4.69, 9.17) is 4.74 Å². The van der Waals surface area contributed by atoms with Gasteiger partial charge in [0.1, 0.15) is 0 Å². The average molecular weight is 724 g/mol. The van der Waals surface area contributed by atoms with Crippen molar-refractivity contribution in [3.63, 3.8) is 0 Å². The summed E-state index contributed by atoms with van der Waals surface area (Å²) in [5.74, 6) is -0.215. The van der Waals surface area contributed by atoms with E-state index < -0.39 is 65.5 Å². The lowest BCUT2D eigenvalue weighted by molar-refractivity contribution is -0.143. The van der Waals surface area contributed by atoms with E-state index in [0.717, 1.165) is 16.9 Å². The summed E-state index contributed by atoms with van der Waals surface area (Å²) in [7, 11) is 1.39.